The van der Waals surface area contributed by atoms with Crippen molar-refractivity contribution in [2.24, 2.45) is 0 Å². The first-order valence-electron chi connectivity index (χ1n) is 17.0. The molecule has 51 heavy (non-hydrogen) atoms. The topological polar surface area (TPSA) is 43.6 Å². The predicted octanol–water partition coefficient (Wildman–Crippen LogP) is 12.7. The number of thiophene rings is 2. The first-order chi connectivity index (χ1) is 25.3. The molecule has 0 N–H and O–H groups in total. The van der Waals surface area contributed by atoms with Crippen molar-refractivity contribution < 1.29 is 0 Å². The van der Waals surface area contributed by atoms with Crippen LogP contribution < -0.4 is 0 Å². The van der Waals surface area contributed by atoms with E-state index in [0.717, 1.165) is 27.1 Å². The molecular formula is C45H26N4S2. The number of nitrogens with zero attached hydrogens (tertiary/aromatic N) is 4. The Bertz CT molecular complexity index is 3080. The smallest absolute Gasteiger partial charge is 0.165 e. The maximum absolute atomic E-state index is 5.16. The SMILES string of the molecule is c1ccc(-c2nc(-c3ccccc3)nc(-c3ccc(-n4c5ccccc5c5ccc6c7ccccc7sc6c54)c4c3sc3ccccc34)n2)cc1. The number of benzene rings is 7. The molecule has 7 aromatic carbocycles. The Morgan fingerprint density at radius 3 is 1.67 bits per heavy atom. The predicted molar refractivity (Wildman–Crippen MR) is 216 cm³/mol. The second-order valence-electron chi connectivity index (χ2n) is 12.8. The molecular weight excluding hydrogens is 661 g/mol. The molecule has 0 bridgehead atoms. The highest BCUT2D eigenvalue weighted by atomic mass is 32.1. The second kappa shape index (κ2) is 11.2. The molecule has 0 aliphatic rings. The van der Waals surface area contributed by atoms with E-state index in [1.165, 1.54) is 57.5 Å². The number of hydrogen-bond donors (Lipinski definition) is 0. The van der Waals surface area contributed by atoms with E-state index in [2.05, 4.69) is 126 Å². The zero-order valence-corrected chi connectivity index (χ0v) is 28.7. The largest absolute Gasteiger partial charge is 0.307 e. The highest BCUT2D eigenvalue weighted by Gasteiger charge is 2.23. The van der Waals surface area contributed by atoms with E-state index in [-0.39, 0.29) is 0 Å². The van der Waals surface area contributed by atoms with Gasteiger partial charge in [0, 0.05) is 63.1 Å². The molecule has 0 spiro atoms. The summed E-state index contributed by atoms with van der Waals surface area (Å²) in [4.78, 5) is 15.3. The number of hydrogen-bond acceptors (Lipinski definition) is 5. The van der Waals surface area contributed by atoms with Crippen LogP contribution in [0.3, 0.4) is 0 Å². The molecule has 0 radical (unpaired) electrons. The van der Waals surface area contributed by atoms with Gasteiger partial charge < -0.3 is 4.57 Å². The molecule has 4 heterocycles. The van der Waals surface area contributed by atoms with Crippen molar-refractivity contribution >= 4 is 84.8 Å². The van der Waals surface area contributed by atoms with Crippen LogP contribution in [0.2, 0.25) is 0 Å². The minimum Gasteiger partial charge on any atom is -0.307 e. The van der Waals surface area contributed by atoms with Gasteiger partial charge in [0.25, 0.3) is 0 Å². The van der Waals surface area contributed by atoms with Crippen LogP contribution in [0, 0.1) is 0 Å². The Balaban J connectivity index is 1.25. The van der Waals surface area contributed by atoms with Crippen LogP contribution in [0.4, 0.5) is 0 Å². The second-order valence-corrected chi connectivity index (χ2v) is 14.9. The van der Waals surface area contributed by atoms with Crippen LogP contribution in [-0.4, -0.2) is 19.5 Å². The third kappa shape index (κ3) is 4.34. The molecule has 0 saturated carbocycles. The average molecular weight is 687 g/mol. The third-order valence-electron chi connectivity index (χ3n) is 9.86. The Hall–Kier alpha value is -6.21. The third-order valence-corrected chi connectivity index (χ3v) is 12.3. The van der Waals surface area contributed by atoms with Crippen molar-refractivity contribution in [1.82, 2.24) is 19.5 Å². The fraction of sp³-hybridized carbons (Fsp3) is 0. The molecule has 238 valence electrons. The zero-order chi connectivity index (χ0) is 33.5. The van der Waals surface area contributed by atoms with E-state index in [0.29, 0.717) is 17.5 Å². The Kier molecular flexibility index (Phi) is 6.26. The highest BCUT2D eigenvalue weighted by molar-refractivity contribution is 7.27. The van der Waals surface area contributed by atoms with Gasteiger partial charge in [-0.3, -0.25) is 0 Å². The van der Waals surface area contributed by atoms with E-state index >= 15 is 0 Å². The van der Waals surface area contributed by atoms with Crippen molar-refractivity contribution in [2.45, 2.75) is 0 Å². The first-order valence-corrected chi connectivity index (χ1v) is 18.6. The zero-order valence-electron chi connectivity index (χ0n) is 27.1. The molecule has 11 rings (SSSR count). The lowest BCUT2D eigenvalue weighted by atomic mass is 10.1. The fourth-order valence-corrected chi connectivity index (χ4v) is 10.1. The Morgan fingerprint density at radius 1 is 0.392 bits per heavy atom. The summed E-state index contributed by atoms with van der Waals surface area (Å²) in [6, 6.07) is 55.8. The quantitative estimate of drug-likeness (QED) is 0.185. The lowest BCUT2D eigenvalue weighted by Crippen LogP contribution is -2.01. The average Bonchev–Trinajstić information content (AvgIpc) is 3.88. The van der Waals surface area contributed by atoms with Crippen LogP contribution in [0.15, 0.2) is 158 Å². The maximum atomic E-state index is 5.16. The number of aromatic nitrogens is 4. The summed E-state index contributed by atoms with van der Waals surface area (Å²) >= 11 is 3.69. The Labute approximate surface area is 300 Å². The van der Waals surface area contributed by atoms with E-state index in [4.69, 9.17) is 15.0 Å². The van der Waals surface area contributed by atoms with Crippen LogP contribution in [0.1, 0.15) is 0 Å². The van der Waals surface area contributed by atoms with E-state index in [1.54, 1.807) is 11.3 Å². The molecule has 0 aliphatic carbocycles. The lowest BCUT2D eigenvalue weighted by molar-refractivity contribution is 1.08. The number of rotatable bonds is 4. The summed E-state index contributed by atoms with van der Waals surface area (Å²) in [5, 5.41) is 7.54. The summed E-state index contributed by atoms with van der Waals surface area (Å²) in [6.45, 7) is 0. The van der Waals surface area contributed by atoms with Gasteiger partial charge in [-0.1, -0.05) is 127 Å². The molecule has 6 heteroatoms. The molecule has 4 nitrogen and oxygen atoms in total. The van der Waals surface area contributed by atoms with Gasteiger partial charge in [0.1, 0.15) is 0 Å². The lowest BCUT2D eigenvalue weighted by Gasteiger charge is -2.14. The van der Waals surface area contributed by atoms with Gasteiger partial charge in [0.05, 0.1) is 21.4 Å². The first kappa shape index (κ1) is 28.6. The summed E-state index contributed by atoms with van der Waals surface area (Å²) in [7, 11) is 0. The molecule has 4 aromatic heterocycles. The van der Waals surface area contributed by atoms with Gasteiger partial charge in [-0.15, -0.1) is 22.7 Å². The molecule has 0 fully saturated rings. The van der Waals surface area contributed by atoms with Crippen molar-refractivity contribution in [2.75, 3.05) is 0 Å². The normalized spacial score (nSPS) is 11.9. The van der Waals surface area contributed by atoms with Crippen molar-refractivity contribution in [3.05, 3.63) is 158 Å². The number of fused-ring (bicyclic) bond motifs is 10. The summed E-state index contributed by atoms with van der Waals surface area (Å²) in [5.41, 5.74) is 6.51. The molecule has 0 amide bonds. The van der Waals surface area contributed by atoms with Gasteiger partial charge in [0.2, 0.25) is 0 Å². The Morgan fingerprint density at radius 2 is 0.941 bits per heavy atom. The summed E-state index contributed by atoms with van der Waals surface area (Å²) < 4.78 is 7.50. The molecule has 0 unspecified atom stereocenters. The van der Waals surface area contributed by atoms with E-state index < -0.39 is 0 Å². The minimum absolute atomic E-state index is 0.660. The fourth-order valence-electron chi connectivity index (χ4n) is 7.58. The van der Waals surface area contributed by atoms with Gasteiger partial charge in [-0.25, -0.2) is 15.0 Å². The van der Waals surface area contributed by atoms with Gasteiger partial charge >= 0.3 is 0 Å². The standard InChI is InChI=1S/C45H26N4S2/c1-3-13-27(14-4-1)43-46-44(28-15-5-2-6-16-28)48-45(47-43)34-25-26-36(39-33-19-9-12-22-38(33)50-41(34)39)49-35-20-10-7-17-29(35)31-23-24-32-30-18-8-11-21-37(30)51-42(32)40(31)49/h1-26H. The van der Waals surface area contributed by atoms with Crippen molar-refractivity contribution in [3.63, 3.8) is 0 Å². The summed E-state index contributed by atoms with van der Waals surface area (Å²) in [6.07, 6.45) is 0. The number of para-hydroxylation sites is 1. The van der Waals surface area contributed by atoms with Gasteiger partial charge in [-0.05, 0) is 30.3 Å². The van der Waals surface area contributed by atoms with Gasteiger partial charge in [-0.2, -0.15) is 0 Å². The van der Waals surface area contributed by atoms with Crippen molar-refractivity contribution in [3.8, 4) is 39.9 Å². The van der Waals surface area contributed by atoms with Crippen molar-refractivity contribution in [1.29, 1.82) is 0 Å². The molecule has 0 aliphatic heterocycles. The molecule has 0 atom stereocenters. The monoisotopic (exact) mass is 686 g/mol. The molecule has 11 aromatic rings. The van der Waals surface area contributed by atoms with Gasteiger partial charge in [0.15, 0.2) is 17.5 Å². The highest BCUT2D eigenvalue weighted by Crippen LogP contribution is 2.47. The van der Waals surface area contributed by atoms with Crippen LogP contribution >= 0.6 is 22.7 Å². The summed E-state index contributed by atoms with van der Waals surface area (Å²) in [5.74, 6) is 1.99. The maximum Gasteiger partial charge on any atom is 0.165 e. The van der Waals surface area contributed by atoms with E-state index in [9.17, 15) is 0 Å². The van der Waals surface area contributed by atoms with E-state index in [1.807, 2.05) is 47.7 Å². The van der Waals surface area contributed by atoms with Crippen LogP contribution in [-0.2, 0) is 0 Å². The molecule has 0 saturated heterocycles. The minimum atomic E-state index is 0.660. The van der Waals surface area contributed by atoms with Crippen LogP contribution in [0.5, 0.6) is 0 Å². The van der Waals surface area contributed by atoms with Crippen LogP contribution in [0.25, 0.3) is 102 Å².